The highest BCUT2D eigenvalue weighted by molar-refractivity contribution is 5.48. The summed E-state index contributed by atoms with van der Waals surface area (Å²) in [5, 5.41) is 0. The van der Waals surface area contributed by atoms with Gasteiger partial charge in [0.2, 0.25) is 5.95 Å². The number of hydrogen-bond donors (Lipinski definition) is 0. The van der Waals surface area contributed by atoms with E-state index >= 15 is 0 Å². The van der Waals surface area contributed by atoms with Gasteiger partial charge in [-0.3, -0.25) is 19.2 Å². The number of ether oxygens (including phenoxy) is 1. The molecule has 8 nitrogen and oxygen atoms in total. The van der Waals surface area contributed by atoms with Crippen LogP contribution in [0.5, 0.6) is 0 Å². The van der Waals surface area contributed by atoms with Gasteiger partial charge in [-0.1, -0.05) is 6.07 Å². The van der Waals surface area contributed by atoms with Gasteiger partial charge in [0.1, 0.15) is 5.65 Å². The molecule has 2 saturated heterocycles. The first-order chi connectivity index (χ1) is 15.8. The van der Waals surface area contributed by atoms with Crippen molar-refractivity contribution in [2.75, 3.05) is 51.3 Å². The van der Waals surface area contributed by atoms with Crippen LogP contribution in [-0.2, 0) is 17.7 Å². The maximum atomic E-state index is 5.72. The molecule has 32 heavy (non-hydrogen) atoms. The summed E-state index contributed by atoms with van der Waals surface area (Å²) in [5.74, 6) is 0.985. The Morgan fingerprint density at radius 2 is 2.12 bits per heavy atom. The van der Waals surface area contributed by atoms with Crippen LogP contribution >= 0.6 is 0 Å². The number of nitrogens with zero attached hydrogens (tertiary/aromatic N) is 7. The van der Waals surface area contributed by atoms with Gasteiger partial charge >= 0.3 is 0 Å². The Morgan fingerprint density at radius 1 is 1.16 bits per heavy atom. The highest BCUT2D eigenvalue weighted by Gasteiger charge is 2.31. The zero-order valence-corrected chi connectivity index (χ0v) is 18.7. The SMILES string of the molecule is CN(Cc1cn2c(N3CCN4CCOCC4C3)nccc2n1)[C@H]1CCCc2cccnc21. The van der Waals surface area contributed by atoms with Crippen LogP contribution in [-0.4, -0.2) is 81.6 Å². The Labute approximate surface area is 188 Å². The predicted octanol–water partition coefficient (Wildman–Crippen LogP) is 2.15. The van der Waals surface area contributed by atoms with Gasteiger partial charge in [-0.15, -0.1) is 0 Å². The molecule has 2 atom stereocenters. The van der Waals surface area contributed by atoms with Crippen LogP contribution in [0.1, 0.15) is 35.8 Å². The second kappa shape index (κ2) is 8.42. The highest BCUT2D eigenvalue weighted by atomic mass is 16.5. The molecule has 6 rings (SSSR count). The molecule has 8 heteroatoms. The number of fused-ring (bicyclic) bond motifs is 3. The third-order valence-corrected chi connectivity index (χ3v) is 7.24. The number of rotatable bonds is 4. The number of aryl methyl sites for hydroxylation is 1. The van der Waals surface area contributed by atoms with Crippen LogP contribution in [0, 0.1) is 0 Å². The van der Waals surface area contributed by atoms with Crippen molar-refractivity contribution in [3.63, 3.8) is 0 Å². The molecule has 3 aromatic heterocycles. The van der Waals surface area contributed by atoms with E-state index in [1.54, 1.807) is 0 Å². The van der Waals surface area contributed by atoms with E-state index in [9.17, 15) is 0 Å². The van der Waals surface area contributed by atoms with E-state index in [1.807, 2.05) is 18.5 Å². The molecular weight excluding hydrogens is 402 g/mol. The summed E-state index contributed by atoms with van der Waals surface area (Å²) in [5.41, 5.74) is 4.66. The minimum atomic E-state index is 0.349. The van der Waals surface area contributed by atoms with Crippen molar-refractivity contribution >= 4 is 11.6 Å². The minimum Gasteiger partial charge on any atom is -0.378 e. The van der Waals surface area contributed by atoms with Crippen molar-refractivity contribution in [1.82, 2.24) is 29.2 Å². The maximum absolute atomic E-state index is 5.72. The van der Waals surface area contributed by atoms with Gasteiger partial charge in [0.05, 0.1) is 36.7 Å². The first-order valence-electron chi connectivity index (χ1n) is 11.8. The fraction of sp³-hybridized carbons (Fsp3) is 0.542. The van der Waals surface area contributed by atoms with Crippen molar-refractivity contribution in [2.45, 2.75) is 37.9 Å². The zero-order chi connectivity index (χ0) is 21.5. The molecule has 168 valence electrons. The van der Waals surface area contributed by atoms with Crippen molar-refractivity contribution < 1.29 is 4.74 Å². The molecule has 3 aliphatic rings. The predicted molar refractivity (Wildman–Crippen MR) is 123 cm³/mol. The third kappa shape index (κ3) is 3.66. The van der Waals surface area contributed by atoms with Gasteiger partial charge in [-0.05, 0) is 44.0 Å². The normalized spacial score (nSPS) is 24.0. The topological polar surface area (TPSA) is 62.0 Å². The Bertz CT molecular complexity index is 1100. The average Bonchev–Trinajstić information content (AvgIpc) is 3.25. The quantitative estimate of drug-likeness (QED) is 0.625. The summed E-state index contributed by atoms with van der Waals surface area (Å²) in [6.07, 6.45) is 9.47. The summed E-state index contributed by atoms with van der Waals surface area (Å²) >= 11 is 0. The summed E-state index contributed by atoms with van der Waals surface area (Å²) < 4.78 is 7.88. The van der Waals surface area contributed by atoms with E-state index in [-0.39, 0.29) is 0 Å². The Hall–Kier alpha value is -2.55. The lowest BCUT2D eigenvalue weighted by Gasteiger charge is -2.44. The Balaban J connectivity index is 1.23. The lowest BCUT2D eigenvalue weighted by Crippen LogP contribution is -2.58. The van der Waals surface area contributed by atoms with Crippen LogP contribution in [0.15, 0.2) is 36.8 Å². The van der Waals surface area contributed by atoms with Gasteiger partial charge in [0.15, 0.2) is 0 Å². The molecule has 0 spiro atoms. The highest BCUT2D eigenvalue weighted by Crippen LogP contribution is 2.32. The van der Waals surface area contributed by atoms with E-state index in [1.165, 1.54) is 17.7 Å². The molecule has 0 aromatic carbocycles. The number of aromatic nitrogens is 4. The van der Waals surface area contributed by atoms with E-state index < -0.39 is 0 Å². The fourth-order valence-corrected chi connectivity index (χ4v) is 5.57. The molecule has 0 amide bonds. The van der Waals surface area contributed by atoms with Crippen LogP contribution in [0.2, 0.25) is 0 Å². The minimum absolute atomic E-state index is 0.349. The fourth-order valence-electron chi connectivity index (χ4n) is 5.57. The maximum Gasteiger partial charge on any atom is 0.211 e. The van der Waals surface area contributed by atoms with E-state index in [2.05, 4.69) is 44.5 Å². The third-order valence-electron chi connectivity index (χ3n) is 7.24. The molecule has 1 unspecified atom stereocenters. The lowest BCUT2D eigenvalue weighted by molar-refractivity contribution is -0.0119. The van der Waals surface area contributed by atoms with Gasteiger partial charge in [0.25, 0.3) is 0 Å². The molecule has 3 aromatic rings. The number of anilines is 1. The first kappa shape index (κ1) is 20.1. The standard InChI is InChI=1S/C24H31N7O/c1-28(21-6-2-4-18-5-3-8-25-23(18)21)14-19-15-31-22(27-19)7-9-26-24(31)30-11-10-29-12-13-32-17-20(29)16-30/h3,5,7-9,15,20-21H,2,4,6,10-14,16-17H2,1H3/t20?,21-/m0/s1. The lowest BCUT2D eigenvalue weighted by atomic mass is 9.91. The largest absolute Gasteiger partial charge is 0.378 e. The van der Waals surface area contributed by atoms with Crippen molar-refractivity contribution in [1.29, 1.82) is 0 Å². The van der Waals surface area contributed by atoms with Crippen LogP contribution in [0.4, 0.5) is 5.95 Å². The smallest absolute Gasteiger partial charge is 0.211 e. The van der Waals surface area contributed by atoms with Gasteiger partial charge in [-0.25, -0.2) is 9.97 Å². The number of imidazole rings is 1. The zero-order valence-electron chi connectivity index (χ0n) is 18.7. The Kier molecular flexibility index (Phi) is 5.29. The second-order valence-corrected chi connectivity index (χ2v) is 9.29. The van der Waals surface area contributed by atoms with Gasteiger partial charge in [0, 0.05) is 51.3 Å². The summed E-state index contributed by atoms with van der Waals surface area (Å²) in [4.78, 5) is 21.7. The van der Waals surface area contributed by atoms with Crippen LogP contribution in [0.3, 0.4) is 0 Å². The molecule has 5 heterocycles. The first-order valence-corrected chi connectivity index (χ1v) is 11.8. The van der Waals surface area contributed by atoms with Crippen LogP contribution < -0.4 is 4.90 Å². The average molecular weight is 434 g/mol. The molecule has 0 N–H and O–H groups in total. The number of piperazine rings is 1. The van der Waals surface area contributed by atoms with Crippen molar-refractivity contribution in [3.8, 4) is 0 Å². The summed E-state index contributed by atoms with van der Waals surface area (Å²) in [6, 6.07) is 7.08. The van der Waals surface area contributed by atoms with Crippen LogP contribution in [0.25, 0.3) is 5.65 Å². The monoisotopic (exact) mass is 433 g/mol. The summed E-state index contributed by atoms with van der Waals surface area (Å²) in [7, 11) is 2.19. The van der Waals surface area contributed by atoms with Crippen molar-refractivity contribution in [2.24, 2.45) is 0 Å². The van der Waals surface area contributed by atoms with Gasteiger partial charge in [-0.2, -0.15) is 0 Å². The van der Waals surface area contributed by atoms with E-state index in [4.69, 9.17) is 19.7 Å². The molecule has 0 radical (unpaired) electrons. The molecule has 0 saturated carbocycles. The number of morpholine rings is 1. The molecule has 1 aliphatic carbocycles. The molecular formula is C24H31N7O. The molecule has 2 aliphatic heterocycles. The molecule has 2 fully saturated rings. The number of pyridine rings is 1. The second-order valence-electron chi connectivity index (χ2n) is 9.29. The Morgan fingerprint density at radius 3 is 3.09 bits per heavy atom. The van der Waals surface area contributed by atoms with E-state index in [0.717, 1.165) is 76.1 Å². The molecule has 0 bridgehead atoms. The van der Waals surface area contributed by atoms with Gasteiger partial charge < -0.3 is 9.64 Å². The van der Waals surface area contributed by atoms with Crippen molar-refractivity contribution in [3.05, 3.63) is 53.7 Å². The van der Waals surface area contributed by atoms with E-state index in [0.29, 0.717) is 12.1 Å². The summed E-state index contributed by atoms with van der Waals surface area (Å²) in [6.45, 7) is 6.49. The number of hydrogen-bond acceptors (Lipinski definition) is 7.